The first-order chi connectivity index (χ1) is 20.2. The summed E-state index contributed by atoms with van der Waals surface area (Å²) in [6.45, 7) is 0.874. The number of benzene rings is 1. The van der Waals surface area contributed by atoms with Gasteiger partial charge < -0.3 is 25.8 Å². The van der Waals surface area contributed by atoms with Gasteiger partial charge in [-0.2, -0.15) is 0 Å². The Morgan fingerprint density at radius 3 is 2.57 bits per heavy atom. The molecule has 4 fully saturated rings. The molecule has 2 saturated heterocycles. The summed E-state index contributed by atoms with van der Waals surface area (Å²) in [5.41, 5.74) is 0.895. The molecule has 7 rings (SSSR count). The van der Waals surface area contributed by atoms with E-state index in [1.54, 1.807) is 23.1 Å². The summed E-state index contributed by atoms with van der Waals surface area (Å²) < 4.78 is 0. The lowest BCUT2D eigenvalue weighted by Gasteiger charge is -2.30. The number of rotatable bonds is 8. The molecule has 1 aromatic heterocycles. The van der Waals surface area contributed by atoms with Crippen molar-refractivity contribution in [3.63, 3.8) is 0 Å². The van der Waals surface area contributed by atoms with Crippen molar-refractivity contribution in [2.45, 2.75) is 50.2 Å². The minimum absolute atomic E-state index is 0.0243. The second kappa shape index (κ2) is 10.4. The van der Waals surface area contributed by atoms with Gasteiger partial charge in [-0.25, -0.2) is 0 Å². The van der Waals surface area contributed by atoms with Gasteiger partial charge in [-0.05, 0) is 74.0 Å². The number of aromatic nitrogens is 1. The zero-order valence-corrected chi connectivity index (χ0v) is 24.2. The first-order valence-electron chi connectivity index (χ1n) is 14.6. The van der Waals surface area contributed by atoms with Gasteiger partial charge in [0, 0.05) is 41.0 Å². The van der Waals surface area contributed by atoms with Gasteiger partial charge in [-0.15, -0.1) is 0 Å². The van der Waals surface area contributed by atoms with Gasteiger partial charge in [-0.1, -0.05) is 35.4 Å². The maximum Gasteiger partial charge on any atom is 0.289 e. The van der Waals surface area contributed by atoms with Crippen LogP contribution in [-0.2, 0) is 19.2 Å². The highest BCUT2D eigenvalue weighted by Gasteiger charge is 2.58. The molecule has 3 aliphatic carbocycles. The van der Waals surface area contributed by atoms with E-state index < -0.39 is 35.6 Å². The number of hydrogen-bond acceptors (Lipinski definition) is 5. The molecule has 2 saturated carbocycles. The zero-order valence-electron chi connectivity index (χ0n) is 22.7. The number of amides is 4. The molecule has 0 spiro atoms. The van der Waals surface area contributed by atoms with E-state index in [-0.39, 0.29) is 53.6 Å². The van der Waals surface area contributed by atoms with Gasteiger partial charge in [0.2, 0.25) is 17.6 Å². The fraction of sp³-hybridized carbons (Fsp3) is 0.500. The molecule has 220 valence electrons. The standard InChI is InChI=1S/C30H31Cl2N5O5/c31-16-9-20(32)18-11-23(35-21(18)10-16)30(42)37-12-19-13-1-2-14(7-13)24(19)25(37)28(40)36-22(8-15-5-6-33-27(15)39)26(38)29(41)34-17-3-4-17/h1-2,9-11,13-15,17,19,22,24-25,35H,3-8,12H2,(H,33,39)(H,34,41)(H,36,40)/t13?,14?,15-,19?,22?,24?,25?/m0/s1. The van der Waals surface area contributed by atoms with E-state index in [0.717, 1.165) is 19.3 Å². The van der Waals surface area contributed by atoms with Gasteiger partial charge in [-0.3, -0.25) is 24.0 Å². The van der Waals surface area contributed by atoms with E-state index in [1.807, 2.05) is 0 Å². The average Bonchev–Trinajstić information content (AvgIpc) is 3.43. The van der Waals surface area contributed by atoms with Crippen LogP contribution in [0.3, 0.4) is 0 Å². The van der Waals surface area contributed by atoms with Crippen molar-refractivity contribution in [3.8, 4) is 0 Å². The normalized spacial score (nSPS) is 30.0. The quantitative estimate of drug-likeness (QED) is 0.268. The van der Waals surface area contributed by atoms with Crippen molar-refractivity contribution >= 4 is 63.5 Å². The van der Waals surface area contributed by atoms with Crippen molar-refractivity contribution in [3.05, 3.63) is 46.1 Å². The zero-order chi connectivity index (χ0) is 29.3. The highest BCUT2D eigenvalue weighted by atomic mass is 35.5. The number of ketones is 1. The molecule has 1 aromatic carbocycles. The van der Waals surface area contributed by atoms with Crippen LogP contribution in [0.2, 0.25) is 10.0 Å². The van der Waals surface area contributed by atoms with Gasteiger partial charge in [0.15, 0.2) is 0 Å². The molecule has 2 bridgehead atoms. The maximum atomic E-state index is 14.1. The Morgan fingerprint density at radius 1 is 1.05 bits per heavy atom. The Labute approximate surface area is 251 Å². The lowest BCUT2D eigenvalue weighted by Crippen LogP contribution is -2.56. The molecule has 2 aliphatic heterocycles. The number of carbonyl (C=O) groups is 5. The SMILES string of the molecule is O=C(NC1CC1)C(=O)C(C[C@@H]1CCNC1=O)NC(=O)C1C2C3C=CC(C3)C2CN1C(=O)c1cc2c(Cl)cc(Cl)cc2[nH]1. The number of Topliss-reactive ketones (excluding diaryl/α,β-unsaturated/α-hetero) is 1. The molecular weight excluding hydrogens is 581 g/mol. The summed E-state index contributed by atoms with van der Waals surface area (Å²) in [5.74, 6) is -2.64. The van der Waals surface area contributed by atoms with Crippen LogP contribution in [0.15, 0.2) is 30.4 Å². The molecular formula is C30H31Cl2N5O5. The molecule has 2 aromatic rings. The monoisotopic (exact) mass is 611 g/mol. The number of carbonyl (C=O) groups excluding carboxylic acids is 5. The van der Waals surface area contributed by atoms with E-state index >= 15 is 0 Å². The Hall–Kier alpha value is -3.37. The van der Waals surface area contributed by atoms with Crippen molar-refractivity contribution in [2.24, 2.45) is 29.6 Å². The first kappa shape index (κ1) is 27.5. The molecule has 4 N–H and O–H groups in total. The molecule has 0 radical (unpaired) electrons. The molecule has 7 atom stereocenters. The number of allylic oxidation sites excluding steroid dienone is 2. The van der Waals surface area contributed by atoms with E-state index in [4.69, 9.17) is 23.2 Å². The van der Waals surface area contributed by atoms with E-state index in [0.29, 0.717) is 40.5 Å². The predicted molar refractivity (Wildman–Crippen MR) is 155 cm³/mol. The third-order valence-corrected chi connectivity index (χ3v) is 10.2. The van der Waals surface area contributed by atoms with Crippen LogP contribution in [0.4, 0.5) is 0 Å². The summed E-state index contributed by atoms with van der Waals surface area (Å²) in [5, 5.41) is 9.78. The van der Waals surface area contributed by atoms with Crippen LogP contribution in [0.25, 0.3) is 10.9 Å². The molecule has 42 heavy (non-hydrogen) atoms. The second-order valence-electron chi connectivity index (χ2n) is 12.3. The lowest BCUT2D eigenvalue weighted by molar-refractivity contribution is -0.141. The molecule has 4 amide bonds. The highest BCUT2D eigenvalue weighted by molar-refractivity contribution is 6.39. The highest BCUT2D eigenvalue weighted by Crippen LogP contribution is 2.54. The maximum absolute atomic E-state index is 14.1. The molecule has 3 heterocycles. The fourth-order valence-electron chi connectivity index (χ4n) is 7.48. The Balaban J connectivity index is 1.18. The molecule has 5 aliphatic rings. The molecule has 12 heteroatoms. The molecule has 6 unspecified atom stereocenters. The smallest absolute Gasteiger partial charge is 0.289 e. The minimum Gasteiger partial charge on any atom is -0.356 e. The summed E-state index contributed by atoms with van der Waals surface area (Å²) in [6, 6.07) is 2.91. The first-order valence-corrected chi connectivity index (χ1v) is 15.3. The summed E-state index contributed by atoms with van der Waals surface area (Å²) >= 11 is 12.5. The van der Waals surface area contributed by atoms with Crippen molar-refractivity contribution in [1.82, 2.24) is 25.8 Å². The lowest BCUT2D eigenvalue weighted by atomic mass is 9.81. The van der Waals surface area contributed by atoms with Gasteiger partial charge in [0.05, 0.1) is 11.1 Å². The van der Waals surface area contributed by atoms with Gasteiger partial charge >= 0.3 is 0 Å². The third kappa shape index (κ3) is 4.78. The van der Waals surface area contributed by atoms with E-state index in [1.165, 1.54) is 0 Å². The Bertz CT molecular complexity index is 1550. The fourth-order valence-corrected chi connectivity index (χ4v) is 8.03. The van der Waals surface area contributed by atoms with Crippen molar-refractivity contribution < 1.29 is 24.0 Å². The third-order valence-electron chi connectivity index (χ3n) is 9.66. The van der Waals surface area contributed by atoms with Crippen molar-refractivity contribution in [1.29, 1.82) is 0 Å². The largest absolute Gasteiger partial charge is 0.356 e. The summed E-state index contributed by atoms with van der Waals surface area (Å²) in [4.78, 5) is 71.3. The number of hydrogen-bond donors (Lipinski definition) is 4. The number of likely N-dealkylation sites (tertiary alicyclic amines) is 1. The minimum atomic E-state index is -1.18. The van der Waals surface area contributed by atoms with Crippen LogP contribution in [-0.4, -0.2) is 70.5 Å². The van der Waals surface area contributed by atoms with E-state index in [2.05, 4.69) is 33.1 Å². The van der Waals surface area contributed by atoms with Crippen LogP contribution in [0, 0.1) is 29.6 Å². The van der Waals surface area contributed by atoms with Crippen LogP contribution >= 0.6 is 23.2 Å². The average molecular weight is 613 g/mol. The van der Waals surface area contributed by atoms with Gasteiger partial charge in [0.1, 0.15) is 11.7 Å². The van der Waals surface area contributed by atoms with Crippen molar-refractivity contribution in [2.75, 3.05) is 13.1 Å². The summed E-state index contributed by atoms with van der Waals surface area (Å²) in [7, 11) is 0. The second-order valence-corrected chi connectivity index (χ2v) is 13.2. The van der Waals surface area contributed by atoms with E-state index in [9.17, 15) is 24.0 Å². The van der Waals surface area contributed by atoms with Gasteiger partial charge in [0.25, 0.3) is 11.8 Å². The Kier molecular flexibility index (Phi) is 6.81. The number of nitrogens with zero attached hydrogens (tertiary/aromatic N) is 1. The number of aromatic amines is 1. The number of fused-ring (bicyclic) bond motifs is 6. The van der Waals surface area contributed by atoms with Crippen LogP contribution in [0.5, 0.6) is 0 Å². The van der Waals surface area contributed by atoms with Crippen LogP contribution in [0.1, 0.15) is 42.6 Å². The number of halogens is 2. The Morgan fingerprint density at radius 2 is 1.83 bits per heavy atom. The number of nitrogens with one attached hydrogen (secondary N) is 4. The number of H-pyrrole nitrogens is 1. The summed E-state index contributed by atoms with van der Waals surface area (Å²) in [6.07, 6.45) is 7.39. The topological polar surface area (TPSA) is 140 Å². The van der Waals surface area contributed by atoms with Crippen LogP contribution < -0.4 is 16.0 Å². The molecule has 10 nitrogen and oxygen atoms in total. The predicted octanol–water partition coefficient (Wildman–Crippen LogP) is 2.60.